The van der Waals surface area contributed by atoms with Gasteiger partial charge >= 0.3 is 0 Å². The third kappa shape index (κ3) is 7.40. The van der Waals surface area contributed by atoms with E-state index < -0.39 is 25.0 Å². The lowest BCUT2D eigenvalue weighted by Gasteiger charge is -2.22. The smallest absolute Gasteiger partial charge is 0.149 e. The van der Waals surface area contributed by atoms with E-state index in [0.29, 0.717) is 39.4 Å². The summed E-state index contributed by atoms with van der Waals surface area (Å²) in [4.78, 5) is 10.2. The van der Waals surface area contributed by atoms with Gasteiger partial charge in [0.05, 0.1) is 29.1 Å². The normalized spacial score (nSPS) is 14.1. The van der Waals surface area contributed by atoms with Crippen molar-refractivity contribution in [1.29, 1.82) is 0 Å². The van der Waals surface area contributed by atoms with Crippen LogP contribution in [0.2, 0.25) is 0 Å². The molecule has 0 aliphatic carbocycles. The summed E-state index contributed by atoms with van der Waals surface area (Å²) in [6, 6.07) is 32.8. The van der Waals surface area contributed by atoms with E-state index in [1.54, 1.807) is 30.5 Å². The summed E-state index contributed by atoms with van der Waals surface area (Å²) in [5, 5.41) is 12.2. The summed E-state index contributed by atoms with van der Waals surface area (Å²) in [6.07, 6.45) is 1.59. The quantitative estimate of drug-likeness (QED) is 0.168. The monoisotopic (exact) mass is 753 g/mol. The number of aryl methyl sites for hydroxylation is 1. The molecule has 8 aromatic rings. The van der Waals surface area contributed by atoms with Gasteiger partial charge in [-0.2, -0.15) is 0 Å². The van der Waals surface area contributed by atoms with Gasteiger partial charge in [0.25, 0.3) is 0 Å². The fourth-order valence-electron chi connectivity index (χ4n) is 7.44. The van der Waals surface area contributed by atoms with Crippen LogP contribution >= 0.6 is 0 Å². The number of fused-ring (bicyclic) bond motifs is 1. The SMILES string of the molecule is [2H]c1c([2H])c([2H])c(-c2ccnc(-c3cc(-c4cccc5c4nc(-c4cc(C(C)C)cc(C(C)C)c4O)n5-c4cc(-c5ccccc5)cc(C([2H])([2H])[2H])c4)cc(C(C)(C)C)c3)c2)c([2H])c1[2H]. The van der Waals surface area contributed by atoms with Gasteiger partial charge in [-0.3, -0.25) is 9.55 Å². The molecule has 0 aliphatic rings. The predicted octanol–water partition coefficient (Wildman–Crippen LogP) is 14.3. The van der Waals surface area contributed by atoms with E-state index in [0.717, 1.165) is 44.5 Å². The first-order valence-corrected chi connectivity index (χ1v) is 19.4. The second-order valence-electron chi connectivity index (χ2n) is 16.4. The number of benzene rings is 6. The average Bonchev–Trinajstić information content (AvgIpc) is 3.67. The minimum Gasteiger partial charge on any atom is -0.507 e. The molecular weight excluding hydrogens is 695 g/mol. The van der Waals surface area contributed by atoms with Crippen LogP contribution in [0.15, 0.2) is 146 Å². The number of aromatic hydroxyl groups is 1. The first-order chi connectivity index (χ1) is 30.6. The van der Waals surface area contributed by atoms with Crippen molar-refractivity contribution in [2.24, 2.45) is 0 Å². The van der Waals surface area contributed by atoms with Gasteiger partial charge in [-0.15, -0.1) is 0 Å². The van der Waals surface area contributed by atoms with Crippen molar-refractivity contribution in [3.05, 3.63) is 168 Å². The predicted molar refractivity (Wildman–Crippen MR) is 239 cm³/mol. The van der Waals surface area contributed by atoms with Crippen LogP contribution < -0.4 is 0 Å². The molecule has 0 radical (unpaired) electrons. The first-order valence-electron chi connectivity index (χ1n) is 23.4. The third-order valence-corrected chi connectivity index (χ3v) is 10.6. The molecule has 6 aromatic carbocycles. The molecule has 2 heterocycles. The van der Waals surface area contributed by atoms with Crippen LogP contribution in [0.25, 0.3) is 72.7 Å². The number of nitrogens with zero attached hydrogens (tertiary/aromatic N) is 3. The van der Waals surface area contributed by atoms with E-state index in [2.05, 4.69) is 52.8 Å². The van der Waals surface area contributed by atoms with Crippen LogP contribution in [0.4, 0.5) is 0 Å². The Morgan fingerprint density at radius 1 is 0.667 bits per heavy atom. The highest BCUT2D eigenvalue weighted by Crippen LogP contribution is 2.43. The zero-order valence-corrected chi connectivity index (χ0v) is 33.4. The van der Waals surface area contributed by atoms with Crippen LogP contribution in [-0.2, 0) is 5.41 Å². The highest BCUT2D eigenvalue weighted by molar-refractivity contribution is 5.97. The molecule has 0 amide bonds. The standard InChI is InChI=1S/C53H51N3O/c1-33(2)39-30-46(34(3)4)51(57)47(31-39)52-55-50-45(20-15-21-49(50)56(52)44-25-35(5)24-40(29-44)37-18-13-10-14-19-37)41-26-42(28-43(27-41)53(6,7)8)48-32-38(22-23-54-48)36-16-11-9-12-17-36/h9-34,57H,1-8H3/i5D3,9D,11D,12D,16D,17D. The molecule has 0 saturated carbocycles. The highest BCUT2D eigenvalue weighted by Gasteiger charge is 2.25. The number of phenols is 1. The lowest BCUT2D eigenvalue weighted by atomic mass is 9.83. The summed E-state index contributed by atoms with van der Waals surface area (Å²) in [5.41, 5.74) is 10.1. The Balaban J connectivity index is 1.43. The van der Waals surface area contributed by atoms with Crippen LogP contribution in [0.1, 0.15) is 93.5 Å². The van der Waals surface area contributed by atoms with Gasteiger partial charge < -0.3 is 5.11 Å². The topological polar surface area (TPSA) is 50.9 Å². The maximum atomic E-state index is 12.2. The number of imidazole rings is 1. The van der Waals surface area contributed by atoms with Crippen molar-refractivity contribution >= 4 is 11.0 Å². The van der Waals surface area contributed by atoms with E-state index in [-0.39, 0.29) is 46.2 Å². The molecule has 0 atom stereocenters. The summed E-state index contributed by atoms with van der Waals surface area (Å²) >= 11 is 0. The molecule has 57 heavy (non-hydrogen) atoms. The zero-order chi connectivity index (χ0) is 46.9. The average molecular weight is 754 g/mol. The van der Waals surface area contributed by atoms with Gasteiger partial charge in [0.1, 0.15) is 11.6 Å². The third-order valence-electron chi connectivity index (χ3n) is 10.6. The Kier molecular flexibility index (Phi) is 7.65. The van der Waals surface area contributed by atoms with Gasteiger partial charge in [0, 0.05) is 27.1 Å². The zero-order valence-electron chi connectivity index (χ0n) is 41.4. The molecule has 8 rings (SSSR count). The fourth-order valence-corrected chi connectivity index (χ4v) is 7.44. The molecule has 4 nitrogen and oxygen atoms in total. The van der Waals surface area contributed by atoms with Crippen molar-refractivity contribution in [2.45, 2.75) is 72.6 Å². The van der Waals surface area contributed by atoms with E-state index in [1.807, 2.05) is 85.1 Å². The second-order valence-corrected chi connectivity index (χ2v) is 16.4. The fraction of sp³-hybridized carbons (Fsp3) is 0.208. The number of hydrogen-bond donors (Lipinski definition) is 1. The second kappa shape index (κ2) is 15.0. The number of para-hydroxylation sites is 1. The Morgan fingerprint density at radius 2 is 1.44 bits per heavy atom. The molecule has 0 bridgehead atoms. The molecular formula is C53H51N3O. The molecule has 284 valence electrons. The summed E-state index contributed by atoms with van der Waals surface area (Å²) < 4.78 is 69.7. The molecule has 0 spiro atoms. The number of aromatic nitrogens is 3. The van der Waals surface area contributed by atoms with Crippen LogP contribution in [0.5, 0.6) is 5.75 Å². The molecule has 1 N–H and O–H groups in total. The summed E-state index contributed by atoms with van der Waals surface area (Å²) in [5.74, 6) is 0.696. The van der Waals surface area contributed by atoms with Gasteiger partial charge in [-0.05, 0) is 123 Å². The van der Waals surface area contributed by atoms with Crippen LogP contribution in [0, 0.1) is 6.85 Å². The Morgan fingerprint density at radius 3 is 2.16 bits per heavy atom. The first kappa shape index (κ1) is 29.0. The number of pyridine rings is 1. The number of hydrogen-bond acceptors (Lipinski definition) is 3. The molecule has 0 fully saturated rings. The molecule has 4 heteroatoms. The Bertz CT molecular complexity index is 3120. The van der Waals surface area contributed by atoms with Crippen molar-refractivity contribution in [1.82, 2.24) is 14.5 Å². The minimum absolute atomic E-state index is 0.00410. The van der Waals surface area contributed by atoms with E-state index >= 15 is 0 Å². The maximum Gasteiger partial charge on any atom is 0.149 e. The lowest BCUT2D eigenvalue weighted by molar-refractivity contribution is 0.466. The van der Waals surface area contributed by atoms with Crippen LogP contribution in [-0.4, -0.2) is 19.6 Å². The van der Waals surface area contributed by atoms with Crippen molar-refractivity contribution in [2.75, 3.05) is 0 Å². The largest absolute Gasteiger partial charge is 0.507 e. The summed E-state index contributed by atoms with van der Waals surface area (Å²) in [6.45, 7) is 12.3. The van der Waals surface area contributed by atoms with Gasteiger partial charge in [0.2, 0.25) is 0 Å². The Labute approximate surface area is 348 Å². The number of rotatable bonds is 8. The van der Waals surface area contributed by atoms with E-state index in [4.69, 9.17) is 20.9 Å². The lowest BCUT2D eigenvalue weighted by Crippen LogP contribution is -2.11. The minimum atomic E-state index is -2.43. The summed E-state index contributed by atoms with van der Waals surface area (Å²) in [7, 11) is 0. The van der Waals surface area contributed by atoms with Gasteiger partial charge in [0.15, 0.2) is 0 Å². The van der Waals surface area contributed by atoms with Crippen molar-refractivity contribution in [3.8, 4) is 67.5 Å². The Hall–Kier alpha value is -6.26. The van der Waals surface area contributed by atoms with Gasteiger partial charge in [-0.25, -0.2) is 4.98 Å². The van der Waals surface area contributed by atoms with Gasteiger partial charge in [-0.1, -0.05) is 139 Å². The van der Waals surface area contributed by atoms with E-state index in [1.165, 1.54) is 0 Å². The molecule has 0 aliphatic heterocycles. The van der Waals surface area contributed by atoms with Crippen LogP contribution in [0.3, 0.4) is 0 Å². The van der Waals surface area contributed by atoms with Crippen molar-refractivity contribution in [3.63, 3.8) is 0 Å². The molecule has 0 unspecified atom stereocenters. The van der Waals surface area contributed by atoms with Crippen molar-refractivity contribution < 1.29 is 16.1 Å². The van der Waals surface area contributed by atoms with E-state index in [9.17, 15) is 5.11 Å². The molecule has 2 aromatic heterocycles. The highest BCUT2D eigenvalue weighted by atomic mass is 16.3. The number of phenolic OH excluding ortho intramolecular Hbond substituents is 1. The molecule has 0 saturated heterocycles. The maximum absolute atomic E-state index is 12.2.